The molecule has 1 heterocycles. The third-order valence-corrected chi connectivity index (χ3v) is 3.11. The van der Waals surface area contributed by atoms with Gasteiger partial charge in [0.1, 0.15) is 11.5 Å². The fourth-order valence-electron chi connectivity index (χ4n) is 1.95. The van der Waals surface area contributed by atoms with E-state index in [1.807, 2.05) is 32.1 Å². The Morgan fingerprint density at radius 3 is 2.67 bits per heavy atom. The molecule has 0 spiro atoms. The van der Waals surface area contributed by atoms with Crippen LogP contribution in [0.2, 0.25) is 0 Å². The van der Waals surface area contributed by atoms with Crippen molar-refractivity contribution in [3.63, 3.8) is 0 Å². The Bertz CT molecular complexity index is 641. The van der Waals surface area contributed by atoms with E-state index in [2.05, 4.69) is 33.1 Å². The molecule has 6 heteroatoms. The Kier molecular flexibility index (Phi) is 4.37. The van der Waals surface area contributed by atoms with E-state index in [4.69, 9.17) is 5.73 Å². The van der Waals surface area contributed by atoms with Gasteiger partial charge in [0.05, 0.1) is 12.4 Å². The summed E-state index contributed by atoms with van der Waals surface area (Å²) in [4.78, 5) is 23.3. The predicted octanol–water partition coefficient (Wildman–Crippen LogP) is 1.28. The van der Waals surface area contributed by atoms with Crippen LogP contribution in [-0.2, 0) is 6.54 Å². The van der Waals surface area contributed by atoms with Gasteiger partial charge in [-0.3, -0.25) is 9.78 Å². The van der Waals surface area contributed by atoms with Crippen LogP contribution in [0.15, 0.2) is 36.7 Å². The van der Waals surface area contributed by atoms with E-state index in [9.17, 15) is 4.79 Å². The van der Waals surface area contributed by atoms with Crippen molar-refractivity contribution in [3.8, 4) is 0 Å². The van der Waals surface area contributed by atoms with E-state index in [1.54, 1.807) is 6.20 Å². The monoisotopic (exact) mass is 285 g/mol. The van der Waals surface area contributed by atoms with Gasteiger partial charge in [-0.15, -0.1) is 0 Å². The molecule has 2 N–H and O–H groups in total. The maximum atomic E-state index is 11.1. The van der Waals surface area contributed by atoms with Gasteiger partial charge in [-0.1, -0.05) is 12.1 Å². The van der Waals surface area contributed by atoms with Gasteiger partial charge >= 0.3 is 0 Å². The smallest absolute Gasteiger partial charge is 0.268 e. The number of nitrogens with two attached hydrogens (primary N) is 1. The summed E-state index contributed by atoms with van der Waals surface area (Å²) in [7, 11) is 5.91. The zero-order valence-electron chi connectivity index (χ0n) is 12.4. The second-order valence-corrected chi connectivity index (χ2v) is 5.05. The molecular weight excluding hydrogens is 266 g/mol. The largest absolute Gasteiger partial charge is 0.378 e. The van der Waals surface area contributed by atoms with Crippen molar-refractivity contribution in [2.75, 3.05) is 30.9 Å². The minimum absolute atomic E-state index is 0.168. The zero-order valence-corrected chi connectivity index (χ0v) is 12.4. The molecule has 110 valence electrons. The molecule has 0 aliphatic carbocycles. The molecule has 0 aliphatic heterocycles. The van der Waals surface area contributed by atoms with Crippen molar-refractivity contribution >= 4 is 17.4 Å². The third kappa shape index (κ3) is 3.68. The topological polar surface area (TPSA) is 75.3 Å². The van der Waals surface area contributed by atoms with Crippen molar-refractivity contribution in [2.45, 2.75) is 6.54 Å². The van der Waals surface area contributed by atoms with Gasteiger partial charge in [0.15, 0.2) is 0 Å². The van der Waals surface area contributed by atoms with E-state index >= 15 is 0 Å². The first kappa shape index (κ1) is 14.8. The van der Waals surface area contributed by atoms with E-state index < -0.39 is 5.91 Å². The Morgan fingerprint density at radius 2 is 2.00 bits per heavy atom. The van der Waals surface area contributed by atoms with E-state index in [0.717, 1.165) is 11.3 Å². The van der Waals surface area contributed by atoms with Crippen molar-refractivity contribution < 1.29 is 4.79 Å². The molecule has 0 saturated carbocycles. The van der Waals surface area contributed by atoms with Gasteiger partial charge in [0, 0.05) is 33.4 Å². The Hall–Kier alpha value is -2.63. The molecule has 0 radical (unpaired) electrons. The average molecular weight is 285 g/mol. The van der Waals surface area contributed by atoms with Crippen LogP contribution in [0.4, 0.5) is 11.5 Å². The summed E-state index contributed by atoms with van der Waals surface area (Å²) in [5.74, 6) is 0.0360. The molecule has 0 unspecified atom stereocenters. The highest BCUT2D eigenvalue weighted by Crippen LogP contribution is 2.17. The SMILES string of the molecule is CN(C)c1cccc(CN(C)c2cncc(C(N)=O)n2)c1. The van der Waals surface area contributed by atoms with Gasteiger partial charge < -0.3 is 15.5 Å². The highest BCUT2D eigenvalue weighted by molar-refractivity contribution is 5.90. The van der Waals surface area contributed by atoms with E-state index in [-0.39, 0.29) is 5.69 Å². The average Bonchev–Trinajstić information content (AvgIpc) is 2.47. The number of benzene rings is 1. The molecule has 1 aromatic heterocycles. The number of anilines is 2. The lowest BCUT2D eigenvalue weighted by Crippen LogP contribution is -2.21. The number of rotatable bonds is 5. The Labute approximate surface area is 124 Å². The normalized spacial score (nSPS) is 10.2. The van der Waals surface area contributed by atoms with Gasteiger partial charge in [0.25, 0.3) is 5.91 Å². The molecule has 0 bridgehead atoms. The number of carbonyl (C=O) groups excluding carboxylic acids is 1. The predicted molar refractivity (Wildman–Crippen MR) is 83.4 cm³/mol. The number of hydrogen-bond donors (Lipinski definition) is 1. The number of primary amides is 1. The summed E-state index contributed by atoms with van der Waals surface area (Å²) in [5.41, 5.74) is 7.68. The van der Waals surface area contributed by atoms with Crippen LogP contribution >= 0.6 is 0 Å². The fourth-order valence-corrected chi connectivity index (χ4v) is 1.95. The first-order chi connectivity index (χ1) is 9.97. The van der Waals surface area contributed by atoms with Gasteiger partial charge in [-0.05, 0) is 17.7 Å². The van der Waals surface area contributed by atoms with Crippen LogP contribution in [0.1, 0.15) is 16.1 Å². The van der Waals surface area contributed by atoms with Crippen LogP contribution in [0, 0.1) is 0 Å². The second-order valence-electron chi connectivity index (χ2n) is 5.05. The molecule has 2 aromatic rings. The minimum Gasteiger partial charge on any atom is -0.378 e. The maximum absolute atomic E-state index is 11.1. The highest BCUT2D eigenvalue weighted by atomic mass is 16.1. The maximum Gasteiger partial charge on any atom is 0.268 e. The second kappa shape index (κ2) is 6.21. The van der Waals surface area contributed by atoms with Crippen molar-refractivity contribution in [3.05, 3.63) is 47.9 Å². The molecular formula is C15H19N5O. The van der Waals surface area contributed by atoms with Crippen LogP contribution in [0.3, 0.4) is 0 Å². The highest BCUT2D eigenvalue weighted by Gasteiger charge is 2.09. The first-order valence-electron chi connectivity index (χ1n) is 6.56. The summed E-state index contributed by atoms with van der Waals surface area (Å²) in [5, 5.41) is 0. The summed E-state index contributed by atoms with van der Waals surface area (Å²) < 4.78 is 0. The van der Waals surface area contributed by atoms with Crippen molar-refractivity contribution in [2.24, 2.45) is 5.73 Å². The summed E-state index contributed by atoms with van der Waals surface area (Å²) >= 11 is 0. The number of hydrogen-bond acceptors (Lipinski definition) is 5. The van der Waals surface area contributed by atoms with Crippen LogP contribution in [0.5, 0.6) is 0 Å². The number of amides is 1. The summed E-state index contributed by atoms with van der Waals surface area (Å²) in [6, 6.07) is 8.23. The van der Waals surface area contributed by atoms with Gasteiger partial charge in [-0.2, -0.15) is 0 Å². The van der Waals surface area contributed by atoms with Crippen molar-refractivity contribution in [1.82, 2.24) is 9.97 Å². The van der Waals surface area contributed by atoms with Crippen LogP contribution < -0.4 is 15.5 Å². The lowest BCUT2D eigenvalue weighted by Gasteiger charge is -2.19. The third-order valence-electron chi connectivity index (χ3n) is 3.11. The molecule has 0 aliphatic rings. The van der Waals surface area contributed by atoms with E-state index in [1.165, 1.54) is 6.20 Å². The number of nitrogens with zero attached hydrogens (tertiary/aromatic N) is 4. The summed E-state index contributed by atoms with van der Waals surface area (Å²) in [6.45, 7) is 0.665. The Balaban J connectivity index is 2.17. The van der Waals surface area contributed by atoms with Crippen LogP contribution in [0.25, 0.3) is 0 Å². The lowest BCUT2D eigenvalue weighted by molar-refractivity contribution is 0.0995. The van der Waals surface area contributed by atoms with Gasteiger partial charge in [0.2, 0.25) is 0 Å². The van der Waals surface area contributed by atoms with E-state index in [0.29, 0.717) is 12.4 Å². The first-order valence-corrected chi connectivity index (χ1v) is 6.56. The minimum atomic E-state index is -0.577. The Morgan fingerprint density at radius 1 is 1.24 bits per heavy atom. The molecule has 0 saturated heterocycles. The summed E-state index contributed by atoms with van der Waals surface area (Å²) in [6.07, 6.45) is 2.98. The van der Waals surface area contributed by atoms with Crippen molar-refractivity contribution in [1.29, 1.82) is 0 Å². The molecule has 0 atom stereocenters. The number of aromatic nitrogens is 2. The molecule has 21 heavy (non-hydrogen) atoms. The lowest BCUT2D eigenvalue weighted by atomic mass is 10.2. The van der Waals surface area contributed by atoms with Crippen LogP contribution in [-0.4, -0.2) is 37.0 Å². The van der Waals surface area contributed by atoms with Gasteiger partial charge in [-0.25, -0.2) is 4.98 Å². The number of carbonyl (C=O) groups is 1. The molecule has 6 nitrogen and oxygen atoms in total. The quantitative estimate of drug-likeness (QED) is 0.895. The molecule has 1 amide bonds. The molecule has 1 aromatic carbocycles. The zero-order chi connectivity index (χ0) is 15.4. The molecule has 2 rings (SSSR count). The standard InChI is InChI=1S/C15H19N5O/c1-19(2)12-6-4-5-11(7-12)10-20(3)14-9-17-8-13(18-14)15(16)21/h4-9H,10H2,1-3H3,(H2,16,21). The molecule has 0 fully saturated rings. The fraction of sp³-hybridized carbons (Fsp3) is 0.267.